The number of fused-ring (bicyclic) bond motifs is 2. The summed E-state index contributed by atoms with van der Waals surface area (Å²) >= 11 is 0. The molecule has 9 rings (SSSR count). The van der Waals surface area contributed by atoms with Gasteiger partial charge >= 0.3 is 0 Å². The van der Waals surface area contributed by atoms with E-state index >= 15 is 0 Å². The van der Waals surface area contributed by atoms with E-state index in [1.165, 1.54) is 35.1 Å². The van der Waals surface area contributed by atoms with E-state index in [2.05, 4.69) is 137 Å². The molecule has 6 aromatic carbocycles. The standard InChI is InChI=1S/C31H36N2O2.C19H25N.C12H11NO2/c34-28(24-35-31-21-9-20-30-29(31)19-10-22-32-30)23-33-27(17-7-15-25-11-3-1-4-12-25)18-8-16-26-13-5-2-6-14-26;20-19(15-7-13-17-9-3-1-4-10-17)16-8-14-18-11-5-2-6-12-18;1-4-11-10(3-2-6-13-11)12(5-1)15-8-9-7-14-9/h1-6,9-14,19-22,27-28,33-34H,7-8,15-18,23-24H2;1-6,9-12,19H,7-8,13-16,20H2;1-6,9H,7-8H2/t28-;;9-/m1.0/s1. The zero-order valence-electron chi connectivity index (χ0n) is 40.7. The molecule has 8 heteroatoms. The van der Waals surface area contributed by atoms with E-state index in [0.29, 0.717) is 25.2 Å². The molecule has 0 amide bonds. The number of hydrogen-bond acceptors (Lipinski definition) is 8. The van der Waals surface area contributed by atoms with Crippen LogP contribution in [0, 0.1) is 0 Å². The first-order valence-corrected chi connectivity index (χ1v) is 25.4. The van der Waals surface area contributed by atoms with Gasteiger partial charge in [0.05, 0.1) is 17.6 Å². The highest BCUT2D eigenvalue weighted by Crippen LogP contribution is 2.26. The Balaban J connectivity index is 0.000000172. The maximum absolute atomic E-state index is 10.6. The fourth-order valence-corrected chi connectivity index (χ4v) is 8.61. The average Bonchev–Trinajstić information content (AvgIpc) is 4.25. The third-order valence-electron chi connectivity index (χ3n) is 12.6. The molecule has 1 fully saturated rings. The number of aliphatic hydroxyl groups excluding tert-OH is 1. The maximum atomic E-state index is 10.6. The highest BCUT2D eigenvalue weighted by atomic mass is 16.6. The van der Waals surface area contributed by atoms with Gasteiger partial charge in [0.1, 0.15) is 36.9 Å². The predicted octanol–water partition coefficient (Wildman–Crippen LogP) is 12.4. The third-order valence-corrected chi connectivity index (χ3v) is 12.6. The Bertz CT molecular complexity index is 2530. The van der Waals surface area contributed by atoms with Crippen LogP contribution in [0.5, 0.6) is 11.5 Å². The molecule has 8 aromatic rings. The first kappa shape index (κ1) is 51.4. The summed E-state index contributed by atoms with van der Waals surface area (Å²) in [5.41, 5.74) is 13.7. The Labute approximate surface area is 416 Å². The molecule has 1 aliphatic rings. The van der Waals surface area contributed by atoms with Crippen molar-refractivity contribution in [1.82, 2.24) is 15.3 Å². The predicted molar refractivity (Wildman–Crippen MR) is 288 cm³/mol. The number of nitrogens with two attached hydrogens (primary N) is 1. The van der Waals surface area contributed by atoms with Crippen LogP contribution in [-0.2, 0) is 30.4 Å². The van der Waals surface area contributed by atoms with E-state index in [4.69, 9.17) is 19.9 Å². The molecular weight excluding hydrogens is 865 g/mol. The van der Waals surface area contributed by atoms with Gasteiger partial charge < -0.3 is 30.4 Å². The maximum Gasteiger partial charge on any atom is 0.128 e. The lowest BCUT2D eigenvalue weighted by atomic mass is 9.99. The highest BCUT2D eigenvalue weighted by molar-refractivity contribution is 5.85. The van der Waals surface area contributed by atoms with Crippen LogP contribution in [0.4, 0.5) is 0 Å². The number of benzene rings is 6. The van der Waals surface area contributed by atoms with Crippen molar-refractivity contribution in [1.29, 1.82) is 0 Å². The Morgan fingerprint density at radius 3 is 1.36 bits per heavy atom. The molecule has 0 saturated carbocycles. The fourth-order valence-electron chi connectivity index (χ4n) is 8.61. The van der Waals surface area contributed by atoms with E-state index in [9.17, 15) is 5.11 Å². The number of aromatic nitrogens is 2. The van der Waals surface area contributed by atoms with Crippen molar-refractivity contribution in [2.75, 3.05) is 26.4 Å². The molecule has 0 unspecified atom stereocenters. The number of epoxide rings is 1. The SMILES string of the molecule is NC(CCCc1ccccc1)CCCc1ccccc1.O[C@H](CNC(CCCc1ccccc1)CCCc1ccccc1)COc1cccc2ncccc12.c1cc(OC[C@@H]2CO2)c2cccnc2c1. The van der Waals surface area contributed by atoms with Crippen molar-refractivity contribution in [3.8, 4) is 11.5 Å². The van der Waals surface area contributed by atoms with Crippen LogP contribution in [0.1, 0.15) is 73.6 Å². The normalized spacial score (nSPS) is 13.3. The van der Waals surface area contributed by atoms with Gasteiger partial charge in [0.25, 0.3) is 0 Å². The molecule has 0 bridgehead atoms. The lowest BCUT2D eigenvalue weighted by molar-refractivity contribution is 0.103. The fraction of sp³-hybridized carbons (Fsp3) is 0.323. The number of aryl methyl sites for hydroxylation is 4. The lowest BCUT2D eigenvalue weighted by Crippen LogP contribution is -2.38. The van der Waals surface area contributed by atoms with Crippen molar-refractivity contribution >= 4 is 21.8 Å². The number of nitrogens with zero attached hydrogens (tertiary/aromatic N) is 2. The number of ether oxygens (including phenoxy) is 3. The molecule has 364 valence electrons. The van der Waals surface area contributed by atoms with Crippen LogP contribution in [0.25, 0.3) is 21.8 Å². The number of aliphatic hydroxyl groups is 1. The Morgan fingerprint density at radius 2 is 0.929 bits per heavy atom. The van der Waals surface area contributed by atoms with Gasteiger partial charge in [-0.25, -0.2) is 0 Å². The summed E-state index contributed by atoms with van der Waals surface area (Å²) in [6.45, 7) is 2.23. The van der Waals surface area contributed by atoms with E-state index < -0.39 is 6.10 Å². The molecule has 8 nitrogen and oxygen atoms in total. The van der Waals surface area contributed by atoms with Gasteiger partial charge in [0, 0.05) is 41.8 Å². The Morgan fingerprint density at radius 1 is 0.514 bits per heavy atom. The molecule has 0 spiro atoms. The summed E-state index contributed by atoms with van der Waals surface area (Å²) in [5, 5.41) is 16.3. The van der Waals surface area contributed by atoms with Gasteiger partial charge in [-0.2, -0.15) is 0 Å². The number of pyridine rings is 2. The van der Waals surface area contributed by atoms with Crippen molar-refractivity contribution in [2.24, 2.45) is 5.73 Å². The van der Waals surface area contributed by atoms with E-state index in [0.717, 1.165) is 104 Å². The molecular formula is C62H72N4O4. The van der Waals surface area contributed by atoms with Crippen molar-refractivity contribution in [3.63, 3.8) is 0 Å². The second kappa shape index (κ2) is 29.6. The number of nitrogens with one attached hydrogen (secondary N) is 1. The molecule has 2 aromatic heterocycles. The van der Waals surface area contributed by atoms with E-state index in [1.54, 1.807) is 12.4 Å². The van der Waals surface area contributed by atoms with Gasteiger partial charge in [0.15, 0.2) is 0 Å². The van der Waals surface area contributed by atoms with Gasteiger partial charge in [-0.05, 0) is 148 Å². The van der Waals surface area contributed by atoms with Crippen molar-refractivity contribution in [2.45, 2.75) is 101 Å². The van der Waals surface area contributed by atoms with Gasteiger partial charge in [-0.15, -0.1) is 0 Å². The first-order chi connectivity index (χ1) is 34.6. The van der Waals surface area contributed by atoms with Crippen LogP contribution < -0.4 is 20.5 Å². The summed E-state index contributed by atoms with van der Waals surface area (Å²) in [6.07, 6.45) is 16.8. The minimum Gasteiger partial charge on any atom is -0.490 e. The van der Waals surface area contributed by atoms with Crippen LogP contribution in [0.2, 0.25) is 0 Å². The molecule has 3 heterocycles. The first-order valence-electron chi connectivity index (χ1n) is 25.4. The van der Waals surface area contributed by atoms with Crippen LogP contribution >= 0.6 is 0 Å². The Hall–Kier alpha value is -6.42. The minimum atomic E-state index is -0.576. The second-order valence-corrected chi connectivity index (χ2v) is 18.3. The van der Waals surface area contributed by atoms with Crippen molar-refractivity contribution < 1.29 is 19.3 Å². The smallest absolute Gasteiger partial charge is 0.128 e. The van der Waals surface area contributed by atoms with Crippen LogP contribution in [-0.4, -0.2) is 65.7 Å². The summed E-state index contributed by atoms with van der Waals surface area (Å²) in [7, 11) is 0. The number of hydrogen-bond donors (Lipinski definition) is 3. The van der Waals surface area contributed by atoms with Gasteiger partial charge in [-0.3, -0.25) is 9.97 Å². The molecule has 0 radical (unpaired) electrons. The summed E-state index contributed by atoms with van der Waals surface area (Å²) in [4.78, 5) is 8.65. The summed E-state index contributed by atoms with van der Waals surface area (Å²) < 4.78 is 16.7. The van der Waals surface area contributed by atoms with E-state index in [1.807, 2.05) is 60.7 Å². The molecule has 1 saturated heterocycles. The monoisotopic (exact) mass is 937 g/mol. The molecule has 1 aliphatic heterocycles. The van der Waals surface area contributed by atoms with Gasteiger partial charge in [-0.1, -0.05) is 133 Å². The average molecular weight is 937 g/mol. The van der Waals surface area contributed by atoms with Gasteiger partial charge in [0.2, 0.25) is 0 Å². The molecule has 70 heavy (non-hydrogen) atoms. The minimum absolute atomic E-state index is 0.252. The lowest BCUT2D eigenvalue weighted by Gasteiger charge is -2.21. The number of rotatable bonds is 25. The topological polar surface area (TPSA) is 115 Å². The largest absolute Gasteiger partial charge is 0.490 e. The quantitative estimate of drug-likeness (QED) is 0.0486. The van der Waals surface area contributed by atoms with Crippen molar-refractivity contribution in [3.05, 3.63) is 217 Å². The molecule has 0 aliphatic carbocycles. The molecule has 4 N–H and O–H groups in total. The Kier molecular flexibility index (Phi) is 21.7. The summed E-state index contributed by atoms with van der Waals surface area (Å²) in [6, 6.07) is 63.0. The van der Waals surface area contributed by atoms with Crippen LogP contribution in [0.15, 0.2) is 194 Å². The second-order valence-electron chi connectivity index (χ2n) is 18.3. The summed E-state index contributed by atoms with van der Waals surface area (Å²) in [5.74, 6) is 1.65. The zero-order valence-corrected chi connectivity index (χ0v) is 40.7. The van der Waals surface area contributed by atoms with Crippen LogP contribution in [0.3, 0.4) is 0 Å². The van der Waals surface area contributed by atoms with E-state index in [-0.39, 0.29) is 12.7 Å². The zero-order chi connectivity index (χ0) is 48.3. The third kappa shape index (κ3) is 18.8. The molecule has 2 atom stereocenters. The highest BCUT2D eigenvalue weighted by Gasteiger charge is 2.23.